The summed E-state index contributed by atoms with van der Waals surface area (Å²) in [4.78, 5) is 17.0. The minimum Gasteiger partial charge on any atom is -0.485 e. The zero-order valence-corrected chi connectivity index (χ0v) is 15.3. The predicted molar refractivity (Wildman–Crippen MR) is 102 cm³/mol. The first-order valence-electron chi connectivity index (χ1n) is 8.32. The Bertz CT molecular complexity index is 967. The Morgan fingerprint density at radius 1 is 1.19 bits per heavy atom. The molecular weight excluding hydrogens is 348 g/mol. The highest BCUT2D eigenvalue weighted by Gasteiger charge is 2.27. The maximum absolute atomic E-state index is 12.5. The van der Waals surface area contributed by atoms with Crippen LogP contribution in [-0.4, -0.2) is 23.6 Å². The van der Waals surface area contributed by atoms with Crippen molar-refractivity contribution in [1.82, 2.24) is 4.98 Å². The lowest BCUT2D eigenvalue weighted by Gasteiger charge is -2.25. The molecule has 6 heteroatoms. The molecule has 2 heterocycles. The van der Waals surface area contributed by atoms with Gasteiger partial charge in [-0.05, 0) is 31.5 Å². The van der Waals surface area contributed by atoms with Crippen molar-refractivity contribution in [3.8, 4) is 22.8 Å². The third-order valence-electron chi connectivity index (χ3n) is 4.19. The van der Waals surface area contributed by atoms with E-state index in [-0.39, 0.29) is 12.5 Å². The molecule has 1 amide bonds. The van der Waals surface area contributed by atoms with Gasteiger partial charge >= 0.3 is 0 Å². The highest BCUT2D eigenvalue weighted by Crippen LogP contribution is 2.32. The summed E-state index contributed by atoms with van der Waals surface area (Å²) in [5.74, 6) is 0.970. The number of ether oxygens (including phenoxy) is 2. The lowest BCUT2D eigenvalue weighted by molar-refractivity contribution is -0.125. The average molecular weight is 366 g/mol. The number of para-hydroxylation sites is 2. The number of aryl methyl sites for hydroxylation is 2. The first-order valence-corrected chi connectivity index (χ1v) is 9.20. The zero-order valence-electron chi connectivity index (χ0n) is 14.5. The third kappa shape index (κ3) is 3.28. The second kappa shape index (κ2) is 6.80. The number of carbonyl (C=O) groups excluding carboxylic acids is 1. The topological polar surface area (TPSA) is 60.5 Å². The molecule has 1 aliphatic heterocycles. The van der Waals surface area contributed by atoms with Gasteiger partial charge in [-0.3, -0.25) is 10.1 Å². The van der Waals surface area contributed by atoms with Crippen molar-refractivity contribution >= 4 is 22.4 Å². The van der Waals surface area contributed by atoms with E-state index in [1.807, 2.05) is 23.6 Å². The molecule has 0 aliphatic carbocycles. The largest absolute Gasteiger partial charge is 0.485 e. The molecule has 2 aromatic carbocycles. The molecule has 3 aromatic rings. The fourth-order valence-corrected chi connectivity index (χ4v) is 3.60. The molecule has 1 N–H and O–H groups in total. The Labute approximate surface area is 155 Å². The summed E-state index contributed by atoms with van der Waals surface area (Å²) in [7, 11) is 0. The van der Waals surface area contributed by atoms with Crippen LogP contribution in [0.3, 0.4) is 0 Å². The van der Waals surface area contributed by atoms with Gasteiger partial charge in [-0.2, -0.15) is 0 Å². The van der Waals surface area contributed by atoms with Gasteiger partial charge in [-0.1, -0.05) is 35.9 Å². The minimum absolute atomic E-state index is 0.179. The second-order valence-electron chi connectivity index (χ2n) is 6.21. The number of fused-ring (bicyclic) bond motifs is 1. The minimum atomic E-state index is -0.696. The predicted octanol–water partition coefficient (Wildman–Crippen LogP) is 4.21. The van der Waals surface area contributed by atoms with Crippen LogP contribution >= 0.6 is 11.3 Å². The summed E-state index contributed by atoms with van der Waals surface area (Å²) in [6, 6.07) is 13.6. The van der Waals surface area contributed by atoms with E-state index >= 15 is 0 Å². The van der Waals surface area contributed by atoms with E-state index in [1.165, 1.54) is 16.9 Å². The average Bonchev–Trinajstić information content (AvgIpc) is 3.09. The van der Waals surface area contributed by atoms with Crippen molar-refractivity contribution in [3.05, 3.63) is 59.0 Å². The highest BCUT2D eigenvalue weighted by molar-refractivity contribution is 7.14. The number of nitrogens with zero attached hydrogens (tertiary/aromatic N) is 1. The summed E-state index contributed by atoms with van der Waals surface area (Å²) in [5.41, 5.74) is 4.30. The van der Waals surface area contributed by atoms with Gasteiger partial charge in [0.15, 0.2) is 16.6 Å². The molecule has 26 heavy (non-hydrogen) atoms. The van der Waals surface area contributed by atoms with Crippen LogP contribution in [0.15, 0.2) is 47.8 Å². The molecular formula is C20H18N2O3S. The van der Waals surface area contributed by atoms with Gasteiger partial charge in [-0.15, -0.1) is 11.3 Å². The van der Waals surface area contributed by atoms with Crippen molar-refractivity contribution in [2.45, 2.75) is 20.0 Å². The number of amides is 1. The van der Waals surface area contributed by atoms with Gasteiger partial charge in [0.05, 0.1) is 5.69 Å². The summed E-state index contributed by atoms with van der Waals surface area (Å²) in [6.07, 6.45) is -0.696. The number of rotatable bonds is 3. The maximum Gasteiger partial charge on any atom is 0.270 e. The molecule has 0 saturated heterocycles. The first-order chi connectivity index (χ1) is 12.6. The zero-order chi connectivity index (χ0) is 18.1. The number of hydrogen-bond acceptors (Lipinski definition) is 5. The number of carbonyl (C=O) groups is 1. The Morgan fingerprint density at radius 2 is 2.00 bits per heavy atom. The van der Waals surface area contributed by atoms with Gasteiger partial charge in [0, 0.05) is 10.9 Å². The normalized spacial score (nSPS) is 15.5. The van der Waals surface area contributed by atoms with Gasteiger partial charge in [0.1, 0.15) is 6.61 Å². The number of anilines is 1. The van der Waals surface area contributed by atoms with Crippen molar-refractivity contribution in [2.75, 3.05) is 11.9 Å². The van der Waals surface area contributed by atoms with Crippen LogP contribution in [0.1, 0.15) is 11.1 Å². The SMILES string of the molecule is Cc1ccc(-c2csc(NC(=O)C3COc4ccccc4O3)n2)c(C)c1. The molecule has 0 saturated carbocycles. The fraction of sp³-hybridized carbons (Fsp3) is 0.200. The van der Waals surface area contributed by atoms with E-state index in [4.69, 9.17) is 9.47 Å². The van der Waals surface area contributed by atoms with E-state index in [9.17, 15) is 4.79 Å². The van der Waals surface area contributed by atoms with Gasteiger partial charge < -0.3 is 9.47 Å². The molecule has 1 unspecified atom stereocenters. The Morgan fingerprint density at radius 3 is 2.81 bits per heavy atom. The summed E-state index contributed by atoms with van der Waals surface area (Å²) in [6.45, 7) is 4.30. The number of nitrogens with one attached hydrogen (secondary N) is 1. The van der Waals surface area contributed by atoms with Crippen molar-refractivity contribution in [3.63, 3.8) is 0 Å². The van der Waals surface area contributed by atoms with Gasteiger partial charge in [0.2, 0.25) is 6.10 Å². The molecule has 0 radical (unpaired) electrons. The van der Waals surface area contributed by atoms with Crippen LogP contribution in [0.25, 0.3) is 11.3 Å². The smallest absolute Gasteiger partial charge is 0.270 e. The molecule has 1 aliphatic rings. The summed E-state index contributed by atoms with van der Waals surface area (Å²) in [5, 5.41) is 5.32. The molecule has 132 valence electrons. The molecule has 0 fully saturated rings. The van der Waals surface area contributed by atoms with Crippen LogP contribution in [0.2, 0.25) is 0 Å². The van der Waals surface area contributed by atoms with Crippen LogP contribution in [0.5, 0.6) is 11.5 Å². The quantitative estimate of drug-likeness (QED) is 0.754. The molecule has 0 bridgehead atoms. The standard InChI is InChI=1S/C20H18N2O3S/c1-12-7-8-14(13(2)9-12)15-11-26-20(21-15)22-19(23)18-10-24-16-5-3-4-6-17(16)25-18/h3-9,11,18H,10H2,1-2H3,(H,21,22,23). The van der Waals surface area contributed by atoms with Crippen LogP contribution < -0.4 is 14.8 Å². The molecule has 1 atom stereocenters. The van der Waals surface area contributed by atoms with Crippen molar-refractivity contribution < 1.29 is 14.3 Å². The van der Waals surface area contributed by atoms with Gasteiger partial charge in [0.25, 0.3) is 5.91 Å². The summed E-state index contributed by atoms with van der Waals surface area (Å²) >= 11 is 1.40. The van der Waals surface area contributed by atoms with E-state index < -0.39 is 6.10 Å². The number of benzene rings is 2. The highest BCUT2D eigenvalue weighted by atomic mass is 32.1. The molecule has 5 nitrogen and oxygen atoms in total. The lowest BCUT2D eigenvalue weighted by Crippen LogP contribution is -2.40. The van der Waals surface area contributed by atoms with E-state index in [1.54, 1.807) is 6.07 Å². The van der Waals surface area contributed by atoms with E-state index in [0.717, 1.165) is 16.8 Å². The second-order valence-corrected chi connectivity index (χ2v) is 7.07. The monoisotopic (exact) mass is 366 g/mol. The van der Waals surface area contributed by atoms with E-state index in [0.29, 0.717) is 16.6 Å². The van der Waals surface area contributed by atoms with Crippen LogP contribution in [0, 0.1) is 13.8 Å². The van der Waals surface area contributed by atoms with Gasteiger partial charge in [-0.25, -0.2) is 4.98 Å². The van der Waals surface area contributed by atoms with Crippen molar-refractivity contribution in [2.24, 2.45) is 0 Å². The first kappa shape index (κ1) is 16.6. The maximum atomic E-state index is 12.5. The van der Waals surface area contributed by atoms with Crippen molar-refractivity contribution in [1.29, 1.82) is 0 Å². The number of aromatic nitrogens is 1. The molecule has 4 rings (SSSR count). The number of thiazole rings is 1. The van der Waals surface area contributed by atoms with E-state index in [2.05, 4.69) is 42.3 Å². The summed E-state index contributed by atoms with van der Waals surface area (Å²) < 4.78 is 11.3. The van der Waals surface area contributed by atoms with Crippen LogP contribution in [0.4, 0.5) is 5.13 Å². The Balaban J connectivity index is 1.47. The molecule has 1 aromatic heterocycles. The third-order valence-corrected chi connectivity index (χ3v) is 4.95. The van der Waals surface area contributed by atoms with Crippen LogP contribution in [-0.2, 0) is 4.79 Å². The fourth-order valence-electron chi connectivity index (χ4n) is 2.89. The lowest BCUT2D eigenvalue weighted by atomic mass is 10.0. The Hall–Kier alpha value is -2.86. The molecule has 0 spiro atoms. The Kier molecular flexibility index (Phi) is 4.34. The number of hydrogen-bond donors (Lipinski definition) is 1.